The number of nitro benzene ring substituents is 1. The van der Waals surface area contributed by atoms with Gasteiger partial charge in [-0.05, 0) is 40.2 Å². The van der Waals surface area contributed by atoms with Crippen molar-refractivity contribution < 1.29 is 18.1 Å². The maximum absolute atomic E-state index is 12.7. The van der Waals surface area contributed by atoms with Gasteiger partial charge < -0.3 is 9.80 Å². The molecule has 0 spiro atoms. The minimum Gasteiger partial charge on any atom is -0.362 e. The maximum Gasteiger partial charge on any atom is 0.293 e. The molecule has 0 N–H and O–H groups in total. The number of anilines is 1. The molecule has 10 heteroatoms. The van der Waals surface area contributed by atoms with Crippen LogP contribution >= 0.6 is 15.9 Å². The molecule has 148 valence electrons. The first kappa shape index (κ1) is 20.3. The fourth-order valence-corrected chi connectivity index (χ4v) is 4.20. The zero-order chi connectivity index (χ0) is 20.5. The van der Waals surface area contributed by atoms with E-state index < -0.39 is 14.8 Å². The molecular weight excluding hydrogens is 450 g/mol. The molecule has 0 atom stereocenters. The number of benzene rings is 2. The molecule has 0 radical (unpaired) electrons. The summed E-state index contributed by atoms with van der Waals surface area (Å²) in [7, 11) is -3.54. The summed E-state index contributed by atoms with van der Waals surface area (Å²) < 4.78 is 24.1. The third-order valence-electron chi connectivity index (χ3n) is 4.58. The van der Waals surface area contributed by atoms with Crippen molar-refractivity contribution in [3.05, 3.63) is 62.6 Å². The lowest BCUT2D eigenvalue weighted by Gasteiger charge is -2.36. The molecular formula is C18H18BrN3O5S. The van der Waals surface area contributed by atoms with Gasteiger partial charge in [0.25, 0.3) is 11.6 Å². The third kappa shape index (κ3) is 4.17. The lowest BCUT2D eigenvalue weighted by molar-refractivity contribution is -0.384. The SMILES string of the molecule is CS(=O)(=O)c1ccc(N2CCN(C(=O)c3ccccc3Br)CC2)c([N+](=O)[O-])c1. The van der Waals surface area contributed by atoms with Crippen LogP contribution in [0.3, 0.4) is 0 Å². The fraction of sp³-hybridized carbons (Fsp3) is 0.278. The minimum atomic E-state index is -3.54. The second kappa shape index (κ2) is 7.88. The van der Waals surface area contributed by atoms with Gasteiger partial charge in [-0.2, -0.15) is 0 Å². The first-order chi connectivity index (χ1) is 13.2. The van der Waals surface area contributed by atoms with E-state index in [2.05, 4.69) is 15.9 Å². The van der Waals surface area contributed by atoms with E-state index >= 15 is 0 Å². The van der Waals surface area contributed by atoms with Gasteiger partial charge in [-0.3, -0.25) is 14.9 Å². The molecule has 1 saturated heterocycles. The van der Waals surface area contributed by atoms with Gasteiger partial charge in [0.15, 0.2) is 9.84 Å². The summed E-state index contributed by atoms with van der Waals surface area (Å²) in [5.74, 6) is -0.103. The molecule has 0 saturated carbocycles. The Balaban J connectivity index is 1.79. The van der Waals surface area contributed by atoms with E-state index in [1.165, 1.54) is 12.1 Å². The Morgan fingerprint density at radius 2 is 1.75 bits per heavy atom. The number of hydrogen-bond donors (Lipinski definition) is 0. The van der Waals surface area contributed by atoms with Gasteiger partial charge in [-0.15, -0.1) is 0 Å². The van der Waals surface area contributed by atoms with E-state index in [9.17, 15) is 23.3 Å². The Bertz CT molecular complexity index is 1030. The molecule has 1 aliphatic rings. The standard InChI is InChI=1S/C18H18BrN3O5S/c1-28(26,27)13-6-7-16(17(12-13)22(24)25)20-8-10-21(11-9-20)18(23)14-4-2-3-5-15(14)19/h2-7,12H,8-11H2,1H3. The number of piperazine rings is 1. The highest BCUT2D eigenvalue weighted by atomic mass is 79.9. The van der Waals surface area contributed by atoms with Crippen LogP contribution in [-0.4, -0.2) is 56.6 Å². The Labute approximate surface area is 170 Å². The van der Waals surface area contributed by atoms with E-state index in [1.807, 2.05) is 6.07 Å². The molecule has 1 heterocycles. The quantitative estimate of drug-likeness (QED) is 0.505. The molecule has 0 aromatic heterocycles. The van der Waals surface area contributed by atoms with E-state index in [1.54, 1.807) is 28.0 Å². The van der Waals surface area contributed by atoms with Crippen molar-refractivity contribution in [3.8, 4) is 0 Å². The number of carbonyl (C=O) groups excluding carboxylic acids is 1. The topological polar surface area (TPSA) is 101 Å². The number of nitro groups is 1. The lowest BCUT2D eigenvalue weighted by Crippen LogP contribution is -2.49. The summed E-state index contributed by atoms with van der Waals surface area (Å²) in [5.41, 5.74) is 0.665. The van der Waals surface area contributed by atoms with Crippen molar-refractivity contribution in [2.45, 2.75) is 4.90 Å². The van der Waals surface area contributed by atoms with Crippen LogP contribution in [0, 0.1) is 10.1 Å². The van der Waals surface area contributed by atoms with Crippen LogP contribution < -0.4 is 4.90 Å². The van der Waals surface area contributed by atoms with Crippen molar-refractivity contribution in [3.63, 3.8) is 0 Å². The molecule has 2 aromatic rings. The van der Waals surface area contributed by atoms with Crippen molar-refractivity contribution in [2.75, 3.05) is 37.3 Å². The summed E-state index contributed by atoms with van der Waals surface area (Å²) >= 11 is 3.38. The Morgan fingerprint density at radius 3 is 2.32 bits per heavy atom. The molecule has 0 bridgehead atoms. The van der Waals surface area contributed by atoms with Gasteiger partial charge in [0.2, 0.25) is 0 Å². The van der Waals surface area contributed by atoms with Crippen LogP contribution in [0.4, 0.5) is 11.4 Å². The fourth-order valence-electron chi connectivity index (χ4n) is 3.10. The van der Waals surface area contributed by atoms with E-state index in [0.29, 0.717) is 37.4 Å². The molecule has 1 aliphatic heterocycles. The van der Waals surface area contributed by atoms with Gasteiger partial charge in [-0.25, -0.2) is 8.42 Å². The van der Waals surface area contributed by atoms with E-state index in [4.69, 9.17) is 0 Å². The van der Waals surface area contributed by atoms with Crippen molar-refractivity contribution in [1.82, 2.24) is 4.90 Å². The molecule has 0 unspecified atom stereocenters. The molecule has 1 amide bonds. The summed E-state index contributed by atoms with van der Waals surface area (Å²) in [4.78, 5) is 27.0. The van der Waals surface area contributed by atoms with Crippen LogP contribution in [0.25, 0.3) is 0 Å². The highest BCUT2D eigenvalue weighted by molar-refractivity contribution is 9.10. The number of carbonyl (C=O) groups is 1. The third-order valence-corrected chi connectivity index (χ3v) is 6.39. The lowest BCUT2D eigenvalue weighted by atomic mass is 10.1. The minimum absolute atomic E-state index is 0.0920. The summed E-state index contributed by atoms with van der Waals surface area (Å²) in [6.07, 6.45) is 1.01. The molecule has 2 aromatic carbocycles. The smallest absolute Gasteiger partial charge is 0.293 e. The van der Waals surface area contributed by atoms with E-state index in [0.717, 1.165) is 16.8 Å². The second-order valence-corrected chi connectivity index (χ2v) is 9.31. The van der Waals surface area contributed by atoms with Crippen LogP contribution in [0.15, 0.2) is 51.8 Å². The van der Waals surface area contributed by atoms with Crippen molar-refractivity contribution in [2.24, 2.45) is 0 Å². The van der Waals surface area contributed by atoms with E-state index in [-0.39, 0.29) is 16.5 Å². The van der Waals surface area contributed by atoms with Crippen LogP contribution in [-0.2, 0) is 9.84 Å². The summed E-state index contributed by atoms with van der Waals surface area (Å²) in [6.45, 7) is 1.64. The van der Waals surface area contributed by atoms with Crippen molar-refractivity contribution >= 4 is 43.0 Å². The monoisotopic (exact) mass is 467 g/mol. The van der Waals surface area contributed by atoms with Gasteiger partial charge >= 0.3 is 0 Å². The number of rotatable bonds is 4. The van der Waals surface area contributed by atoms with Crippen LogP contribution in [0.5, 0.6) is 0 Å². The highest BCUT2D eigenvalue weighted by Crippen LogP contribution is 2.31. The molecule has 3 rings (SSSR count). The number of nitrogens with zero attached hydrogens (tertiary/aromatic N) is 3. The number of sulfone groups is 1. The largest absolute Gasteiger partial charge is 0.362 e. The average molecular weight is 468 g/mol. The predicted octanol–water partition coefficient (Wildman–Crippen LogP) is 2.72. The molecule has 8 nitrogen and oxygen atoms in total. The molecule has 1 fully saturated rings. The zero-order valence-electron chi connectivity index (χ0n) is 15.0. The predicted molar refractivity (Wildman–Crippen MR) is 108 cm³/mol. The Morgan fingerprint density at radius 1 is 1.11 bits per heavy atom. The zero-order valence-corrected chi connectivity index (χ0v) is 17.4. The van der Waals surface area contributed by atoms with Crippen molar-refractivity contribution in [1.29, 1.82) is 0 Å². The van der Waals surface area contributed by atoms with Gasteiger partial charge in [0, 0.05) is 43.0 Å². The molecule has 0 aliphatic carbocycles. The first-order valence-electron chi connectivity index (χ1n) is 8.46. The number of hydrogen-bond acceptors (Lipinski definition) is 6. The van der Waals surface area contributed by atoms with Crippen LogP contribution in [0.1, 0.15) is 10.4 Å². The Kier molecular flexibility index (Phi) is 5.71. The summed E-state index contributed by atoms with van der Waals surface area (Å²) in [6, 6.07) is 11.1. The number of amides is 1. The summed E-state index contributed by atoms with van der Waals surface area (Å²) in [5, 5.41) is 11.5. The highest BCUT2D eigenvalue weighted by Gasteiger charge is 2.28. The normalized spacial score (nSPS) is 14.8. The first-order valence-corrected chi connectivity index (χ1v) is 11.1. The van der Waals surface area contributed by atoms with Gasteiger partial charge in [0.1, 0.15) is 5.69 Å². The number of halogens is 1. The average Bonchev–Trinajstić information content (AvgIpc) is 2.67. The second-order valence-electron chi connectivity index (χ2n) is 6.44. The van der Waals surface area contributed by atoms with Gasteiger partial charge in [-0.1, -0.05) is 12.1 Å². The van der Waals surface area contributed by atoms with Gasteiger partial charge in [0.05, 0.1) is 15.4 Å². The molecule has 28 heavy (non-hydrogen) atoms. The maximum atomic E-state index is 12.7. The Hall–Kier alpha value is -2.46. The van der Waals surface area contributed by atoms with Crippen LogP contribution in [0.2, 0.25) is 0 Å².